The quantitative estimate of drug-likeness (QED) is 0.413. The summed E-state index contributed by atoms with van der Waals surface area (Å²) in [5.74, 6) is 1.61. The molecule has 1 atom stereocenters. The first-order valence-electron chi connectivity index (χ1n) is 11.0. The van der Waals surface area contributed by atoms with E-state index in [1.54, 1.807) is 37.4 Å². The number of methoxy groups -OCH3 is 1. The highest BCUT2D eigenvalue weighted by Crippen LogP contribution is 2.35. The van der Waals surface area contributed by atoms with Gasteiger partial charge >= 0.3 is 6.09 Å². The molecule has 0 radical (unpaired) electrons. The number of rotatable bonds is 7. The molecule has 1 aliphatic heterocycles. The number of nitrogens with one attached hydrogen (secondary N) is 1. The molecule has 2 aromatic carbocycles. The first-order valence-corrected chi connectivity index (χ1v) is 11.7. The van der Waals surface area contributed by atoms with Gasteiger partial charge in [0.1, 0.15) is 12.1 Å². The molecule has 11 heteroatoms. The molecule has 1 saturated heterocycles. The molecule has 0 bridgehead atoms. The number of hydrogen-bond donors (Lipinski definition) is 2. The lowest BCUT2D eigenvalue weighted by molar-refractivity contribution is -0.0909. The molecule has 1 unspecified atom stereocenters. The number of aromatic nitrogens is 2. The Bertz CT molecular complexity index is 1240. The Labute approximate surface area is 212 Å². The van der Waals surface area contributed by atoms with Gasteiger partial charge in [0.2, 0.25) is 0 Å². The molecule has 1 fully saturated rings. The fourth-order valence-corrected chi connectivity index (χ4v) is 4.16. The normalized spacial score (nSPS) is 17.3. The van der Waals surface area contributed by atoms with Crippen LogP contribution in [0, 0.1) is 0 Å². The van der Waals surface area contributed by atoms with E-state index in [9.17, 15) is 9.90 Å². The second kappa shape index (κ2) is 10.3. The van der Waals surface area contributed by atoms with E-state index in [0.29, 0.717) is 52.5 Å². The van der Waals surface area contributed by atoms with Crippen LogP contribution in [0.15, 0.2) is 36.7 Å². The Morgan fingerprint density at radius 1 is 1.23 bits per heavy atom. The zero-order valence-electron chi connectivity index (χ0n) is 19.5. The number of amides is 1. The van der Waals surface area contributed by atoms with Crippen LogP contribution in [0.5, 0.6) is 11.5 Å². The van der Waals surface area contributed by atoms with E-state index in [1.165, 1.54) is 11.2 Å². The molecule has 1 aromatic heterocycles. The zero-order valence-corrected chi connectivity index (χ0v) is 21.1. The number of carbonyl (C=O) groups is 1. The van der Waals surface area contributed by atoms with Crippen LogP contribution in [-0.2, 0) is 4.74 Å². The number of ether oxygens (including phenoxy) is 3. The second-order valence-electron chi connectivity index (χ2n) is 8.77. The summed E-state index contributed by atoms with van der Waals surface area (Å²) in [5, 5.41) is 14.4. The van der Waals surface area contributed by atoms with E-state index in [1.807, 2.05) is 13.8 Å². The number of benzene rings is 2. The highest BCUT2D eigenvalue weighted by molar-refractivity contribution is 6.42. The zero-order chi connectivity index (χ0) is 25.2. The predicted octanol–water partition coefficient (Wildman–Crippen LogP) is 5.62. The lowest BCUT2D eigenvalue weighted by Gasteiger charge is -2.43. The summed E-state index contributed by atoms with van der Waals surface area (Å²) >= 11 is 12.1. The standard InChI is InChI=1S/C24H26Cl2N4O5/c1-24(2)12-35-15(11-30(24)23(31)32)6-7-34-21-10-19-16(9-20(21)33-3)22(28-13-27-19)29-14-4-5-17(25)18(26)8-14/h4-5,8-10,13,15H,6-7,11-12H2,1-3H3,(H,31,32)(H,27,28,29). The van der Waals surface area contributed by atoms with Gasteiger partial charge in [-0.2, -0.15) is 0 Å². The summed E-state index contributed by atoms with van der Waals surface area (Å²) in [6.07, 6.45) is 0.770. The van der Waals surface area contributed by atoms with Crippen molar-refractivity contribution in [3.05, 3.63) is 46.7 Å². The van der Waals surface area contributed by atoms with E-state index in [0.717, 1.165) is 11.1 Å². The molecule has 2 heterocycles. The minimum atomic E-state index is -0.953. The van der Waals surface area contributed by atoms with Crippen LogP contribution < -0.4 is 14.8 Å². The van der Waals surface area contributed by atoms with Crippen molar-refractivity contribution in [3.8, 4) is 11.5 Å². The molecule has 2 N–H and O–H groups in total. The SMILES string of the molecule is COc1cc2c(Nc3ccc(Cl)c(Cl)c3)ncnc2cc1OCCC1CN(C(=O)O)C(C)(C)CO1. The lowest BCUT2D eigenvalue weighted by Crippen LogP contribution is -2.58. The smallest absolute Gasteiger partial charge is 0.407 e. The van der Waals surface area contributed by atoms with E-state index in [4.69, 9.17) is 37.4 Å². The highest BCUT2D eigenvalue weighted by atomic mass is 35.5. The Kier molecular flexibility index (Phi) is 7.39. The van der Waals surface area contributed by atoms with Crippen molar-refractivity contribution in [1.82, 2.24) is 14.9 Å². The van der Waals surface area contributed by atoms with Crippen molar-refractivity contribution in [2.45, 2.75) is 31.9 Å². The first-order chi connectivity index (χ1) is 16.7. The third-order valence-electron chi connectivity index (χ3n) is 5.82. The predicted molar refractivity (Wildman–Crippen MR) is 134 cm³/mol. The monoisotopic (exact) mass is 520 g/mol. The molecule has 4 rings (SSSR count). The van der Waals surface area contributed by atoms with Crippen molar-refractivity contribution >= 4 is 51.7 Å². The summed E-state index contributed by atoms with van der Waals surface area (Å²) in [7, 11) is 1.56. The van der Waals surface area contributed by atoms with Crippen molar-refractivity contribution in [2.24, 2.45) is 0 Å². The number of halogens is 2. The molecule has 3 aromatic rings. The third-order valence-corrected chi connectivity index (χ3v) is 6.56. The number of hydrogen-bond acceptors (Lipinski definition) is 7. The number of carboxylic acid groups (broad SMARTS) is 1. The van der Waals surface area contributed by atoms with Crippen LogP contribution in [0.4, 0.5) is 16.3 Å². The lowest BCUT2D eigenvalue weighted by atomic mass is 10.0. The molecule has 9 nitrogen and oxygen atoms in total. The van der Waals surface area contributed by atoms with Crippen LogP contribution in [0.1, 0.15) is 20.3 Å². The van der Waals surface area contributed by atoms with Crippen molar-refractivity contribution < 1.29 is 24.1 Å². The molecule has 1 aliphatic rings. The van der Waals surface area contributed by atoms with Crippen LogP contribution in [0.3, 0.4) is 0 Å². The maximum atomic E-state index is 11.6. The first kappa shape index (κ1) is 25.1. The van der Waals surface area contributed by atoms with Gasteiger partial charge in [0, 0.05) is 23.6 Å². The Hall–Kier alpha value is -3.01. The van der Waals surface area contributed by atoms with E-state index in [-0.39, 0.29) is 12.6 Å². The van der Waals surface area contributed by atoms with Crippen molar-refractivity contribution in [3.63, 3.8) is 0 Å². The van der Waals surface area contributed by atoms with Gasteiger partial charge in [0.25, 0.3) is 0 Å². The summed E-state index contributed by atoms with van der Waals surface area (Å²) < 4.78 is 17.4. The number of nitrogens with zero attached hydrogens (tertiary/aromatic N) is 3. The summed E-state index contributed by atoms with van der Waals surface area (Å²) in [6, 6.07) is 8.80. The molecule has 0 aliphatic carbocycles. The van der Waals surface area contributed by atoms with Crippen molar-refractivity contribution in [2.75, 3.05) is 32.2 Å². The molecular formula is C24H26Cl2N4O5. The van der Waals surface area contributed by atoms with E-state index in [2.05, 4.69) is 15.3 Å². The highest BCUT2D eigenvalue weighted by Gasteiger charge is 2.38. The molecule has 1 amide bonds. The Balaban J connectivity index is 1.48. The maximum Gasteiger partial charge on any atom is 0.407 e. The summed E-state index contributed by atoms with van der Waals surface area (Å²) in [5.41, 5.74) is 0.823. The fraction of sp³-hybridized carbons (Fsp3) is 0.375. The number of anilines is 2. The number of fused-ring (bicyclic) bond motifs is 1. The minimum absolute atomic E-state index is 0.255. The van der Waals surface area contributed by atoms with Crippen LogP contribution in [0.2, 0.25) is 10.0 Å². The molecule has 0 saturated carbocycles. The van der Waals surface area contributed by atoms with Gasteiger partial charge in [-0.15, -0.1) is 0 Å². The van der Waals surface area contributed by atoms with Gasteiger partial charge in [-0.1, -0.05) is 23.2 Å². The Morgan fingerprint density at radius 3 is 2.74 bits per heavy atom. The molecule has 35 heavy (non-hydrogen) atoms. The average molecular weight is 521 g/mol. The van der Waals surface area contributed by atoms with E-state index < -0.39 is 11.6 Å². The summed E-state index contributed by atoms with van der Waals surface area (Å²) in [4.78, 5) is 21.7. The molecular weight excluding hydrogens is 495 g/mol. The third kappa shape index (κ3) is 5.63. The van der Waals surface area contributed by atoms with Gasteiger partial charge in [-0.25, -0.2) is 14.8 Å². The topological polar surface area (TPSA) is 106 Å². The largest absolute Gasteiger partial charge is 0.493 e. The summed E-state index contributed by atoms with van der Waals surface area (Å²) in [6.45, 7) is 4.63. The van der Waals surface area contributed by atoms with E-state index >= 15 is 0 Å². The van der Waals surface area contributed by atoms with Gasteiger partial charge in [-0.05, 0) is 38.1 Å². The van der Waals surface area contributed by atoms with Crippen LogP contribution >= 0.6 is 23.2 Å². The minimum Gasteiger partial charge on any atom is -0.493 e. The van der Waals surface area contributed by atoms with Gasteiger partial charge in [0.15, 0.2) is 11.5 Å². The second-order valence-corrected chi connectivity index (χ2v) is 9.59. The maximum absolute atomic E-state index is 11.6. The number of morpholine rings is 1. The van der Waals surface area contributed by atoms with Gasteiger partial charge in [0.05, 0.1) is 54.1 Å². The molecule has 0 spiro atoms. The average Bonchev–Trinajstić information content (AvgIpc) is 2.82. The van der Waals surface area contributed by atoms with Crippen molar-refractivity contribution in [1.29, 1.82) is 0 Å². The van der Waals surface area contributed by atoms with Gasteiger partial charge in [-0.3, -0.25) is 4.90 Å². The van der Waals surface area contributed by atoms with Crippen LogP contribution in [-0.4, -0.2) is 64.6 Å². The van der Waals surface area contributed by atoms with Gasteiger partial charge < -0.3 is 24.6 Å². The Morgan fingerprint density at radius 2 is 2.03 bits per heavy atom. The van der Waals surface area contributed by atoms with Crippen LogP contribution in [0.25, 0.3) is 10.9 Å². The fourth-order valence-electron chi connectivity index (χ4n) is 3.86. The molecule has 186 valence electrons.